The first-order chi connectivity index (χ1) is 9.33. The normalized spacial score (nSPS) is 37.6. The van der Waals surface area contributed by atoms with Crippen LogP contribution in [-0.2, 0) is 0 Å². The van der Waals surface area contributed by atoms with E-state index in [4.69, 9.17) is 11.2 Å². The molecule has 106 valence electrons. The highest BCUT2D eigenvalue weighted by atomic mass is 35.7. The van der Waals surface area contributed by atoms with E-state index in [-0.39, 0.29) is 0 Å². The maximum Gasteiger partial charge on any atom is 0.284 e. The largest absolute Gasteiger partial charge is 0.284 e. The summed E-state index contributed by atoms with van der Waals surface area (Å²) in [5.74, 6) is 0. The first-order valence-electron chi connectivity index (χ1n) is 7.92. The molecule has 4 heterocycles. The molecule has 2 aromatic rings. The average Bonchev–Trinajstić information content (AvgIpc) is 3.29. The van der Waals surface area contributed by atoms with Gasteiger partial charge in [-0.05, 0) is 25.7 Å². The molecule has 2 bridgehead atoms. The third-order valence-corrected chi connectivity index (χ3v) is 85.6. The highest BCUT2D eigenvalue weighted by Gasteiger charge is 2.80. The van der Waals surface area contributed by atoms with Gasteiger partial charge in [0.1, 0.15) is 24.4 Å². The van der Waals surface area contributed by atoms with Gasteiger partial charge in [0, 0.05) is 12.1 Å². The summed E-state index contributed by atoms with van der Waals surface area (Å²) in [6.45, 7) is 1.07. The average molecular weight is 371 g/mol. The minimum absolute atomic E-state index is 0.536. The van der Waals surface area contributed by atoms with Crippen LogP contribution in [0.1, 0.15) is 64.2 Å². The van der Waals surface area contributed by atoms with Gasteiger partial charge in [-0.3, -0.25) is 0 Å². The lowest BCUT2D eigenvalue weighted by Crippen LogP contribution is -2.42. The minimum Gasteiger partial charge on any atom is -0.144 e. The van der Waals surface area contributed by atoms with Gasteiger partial charge in [-0.25, -0.2) is 0 Å². The summed E-state index contributed by atoms with van der Waals surface area (Å²) in [6, 6.07) is 1.87. The topological polar surface area (TPSA) is 3.24 Å². The van der Waals surface area contributed by atoms with Gasteiger partial charge in [-0.2, -0.15) is 0 Å². The summed E-state index contributed by atoms with van der Waals surface area (Å²) < 4.78 is 3.11. The zero-order valence-corrected chi connectivity index (χ0v) is 16.5. The lowest BCUT2D eigenvalue weighted by Gasteiger charge is -2.44. The number of rotatable bonds is 3. The second-order valence-electron chi connectivity index (χ2n) is 6.53. The zero-order valence-electron chi connectivity index (χ0n) is 11.3. The van der Waals surface area contributed by atoms with Crippen molar-refractivity contribution in [3.05, 3.63) is 0 Å². The SMILES string of the molecule is Cl[P+]1(N(C2CCCCC2)C2CCCCC2)p2p3p1p23. The van der Waals surface area contributed by atoms with Crippen LogP contribution in [0.4, 0.5) is 0 Å². The van der Waals surface area contributed by atoms with Crippen LogP contribution < -0.4 is 0 Å². The molecule has 7 heteroatoms. The molecule has 19 heavy (non-hydrogen) atoms. The Morgan fingerprint density at radius 3 is 1.53 bits per heavy atom. The molecule has 2 fully saturated rings. The van der Waals surface area contributed by atoms with Crippen molar-refractivity contribution >= 4 is 43.3 Å². The highest BCUT2D eigenvalue weighted by Crippen LogP contribution is 3.44. The van der Waals surface area contributed by atoms with Crippen molar-refractivity contribution in [1.82, 2.24) is 4.67 Å². The molecule has 0 spiro atoms. The Labute approximate surface area is 124 Å². The van der Waals surface area contributed by atoms with Crippen molar-refractivity contribution in [2.45, 2.75) is 76.3 Å². The van der Waals surface area contributed by atoms with Crippen LogP contribution in [0.2, 0.25) is 0 Å². The Hall–Kier alpha value is 1.88. The summed E-state index contributed by atoms with van der Waals surface area (Å²) in [5.41, 5.74) is 0. The molecule has 0 N–H and O–H groups in total. The third kappa shape index (κ3) is 1.77. The van der Waals surface area contributed by atoms with Gasteiger partial charge in [-0.15, -0.1) is 4.67 Å². The second-order valence-corrected chi connectivity index (χ2v) is 43.2. The summed E-state index contributed by atoms with van der Waals surface area (Å²) in [4.78, 5) is 0. The molecule has 2 aliphatic heterocycles. The molecule has 2 aliphatic carbocycles. The first-order valence-corrected chi connectivity index (χ1v) is 20.9. The van der Waals surface area contributed by atoms with Crippen molar-refractivity contribution in [3.8, 4) is 0 Å². The lowest BCUT2D eigenvalue weighted by atomic mass is 9.91. The zero-order chi connectivity index (χ0) is 12.6. The van der Waals surface area contributed by atoms with Crippen LogP contribution in [-0.4, -0.2) is 16.8 Å². The fourth-order valence-electron chi connectivity index (χ4n) is 4.33. The summed E-state index contributed by atoms with van der Waals surface area (Å²) in [7, 11) is 0. The van der Waals surface area contributed by atoms with Gasteiger partial charge >= 0.3 is 0 Å². The number of nitrogens with zero attached hydrogens (tertiary/aromatic N) is 1. The Morgan fingerprint density at radius 2 is 1.16 bits per heavy atom. The Balaban J connectivity index is 1.43. The molecule has 0 amide bonds. The molecule has 4 aliphatic rings. The quantitative estimate of drug-likeness (QED) is 0.490. The van der Waals surface area contributed by atoms with Crippen LogP contribution in [0.3, 0.4) is 0 Å². The number of halogens is 1. The molecular weight excluding hydrogens is 348 g/mol. The van der Waals surface area contributed by atoms with Gasteiger partial charge in [-0.1, -0.05) is 38.5 Å². The second kappa shape index (κ2) is 4.69. The monoisotopic (exact) mass is 370 g/mol. The predicted molar refractivity (Wildman–Crippen MR) is 96.0 cm³/mol. The Morgan fingerprint density at radius 1 is 0.737 bits per heavy atom. The molecule has 0 saturated heterocycles. The van der Waals surface area contributed by atoms with Crippen LogP contribution in [0, 0.1) is 0 Å². The molecule has 0 radical (unpaired) electrons. The van der Waals surface area contributed by atoms with Gasteiger partial charge < -0.3 is 0 Å². The van der Waals surface area contributed by atoms with Gasteiger partial charge in [0.05, 0.1) is 12.7 Å². The van der Waals surface area contributed by atoms with Gasteiger partial charge in [0.2, 0.25) is 0 Å². The highest BCUT2D eigenvalue weighted by molar-refractivity contribution is 9.44. The first kappa shape index (κ1) is 13.3. The molecule has 1 nitrogen and oxygen atoms in total. The molecule has 0 unspecified atom stereocenters. The lowest BCUT2D eigenvalue weighted by molar-refractivity contribution is 0.180. The maximum atomic E-state index is 7.39. The summed E-state index contributed by atoms with van der Waals surface area (Å²) in [6.07, 6.45) is 15.4. The predicted octanol–water partition coefficient (Wildman–Crippen LogP) is 8.41. The summed E-state index contributed by atoms with van der Waals surface area (Å²) >= 11 is 7.39. The fraction of sp³-hybridized carbons (Fsp3) is 1.00. The summed E-state index contributed by atoms with van der Waals surface area (Å²) in [5, 5.41) is 0. The molecule has 2 aromatic heterocycles. The molecule has 0 atom stereocenters. The smallest absolute Gasteiger partial charge is 0.144 e. The van der Waals surface area contributed by atoms with E-state index in [2.05, 4.69) is 4.67 Å². The fourth-order valence-corrected chi connectivity index (χ4v) is 150. The standard InChI is InChI=1S/C12H22ClNP5/c13-19(17-15-16(17)18(15)19)14(11-7-3-1-4-8-11)12-9-5-2-6-10-12/h11-12H,1-10H2/q+1. The molecule has 2 saturated carbocycles. The van der Waals surface area contributed by atoms with E-state index >= 15 is 0 Å². The van der Waals surface area contributed by atoms with E-state index in [1.807, 2.05) is 0 Å². The minimum atomic E-state index is -0.954. The van der Waals surface area contributed by atoms with E-state index in [0.717, 1.165) is 24.8 Å². The van der Waals surface area contributed by atoms with Gasteiger partial charge in [0.25, 0.3) is 6.14 Å². The Kier molecular flexibility index (Phi) is 3.29. The maximum absolute atomic E-state index is 7.39. The van der Waals surface area contributed by atoms with Crippen molar-refractivity contribution < 1.29 is 0 Å². The van der Waals surface area contributed by atoms with Crippen molar-refractivity contribution in [2.24, 2.45) is 0 Å². The van der Waals surface area contributed by atoms with E-state index in [1.165, 1.54) is 64.2 Å². The van der Waals surface area contributed by atoms with E-state index in [9.17, 15) is 0 Å². The molecule has 6 rings (SSSR count). The van der Waals surface area contributed by atoms with Crippen LogP contribution in [0.5, 0.6) is 0 Å². The van der Waals surface area contributed by atoms with Crippen molar-refractivity contribution in [1.29, 1.82) is 0 Å². The van der Waals surface area contributed by atoms with E-state index in [1.54, 1.807) is 0 Å². The van der Waals surface area contributed by atoms with Crippen molar-refractivity contribution in [2.75, 3.05) is 0 Å². The molecule has 0 aromatic carbocycles. The Bertz CT molecular complexity index is 505. The third-order valence-electron chi connectivity index (χ3n) is 5.39. The van der Waals surface area contributed by atoms with Crippen LogP contribution in [0.25, 0.3) is 0 Å². The number of hydrogen-bond donors (Lipinski definition) is 0. The van der Waals surface area contributed by atoms with Gasteiger partial charge in [0.15, 0.2) is 0 Å². The van der Waals surface area contributed by atoms with Crippen molar-refractivity contribution in [3.63, 3.8) is 0 Å². The van der Waals surface area contributed by atoms with Crippen LogP contribution in [0.15, 0.2) is 0 Å². The van der Waals surface area contributed by atoms with Crippen LogP contribution >= 0.6 is 43.3 Å². The number of hydrogen-bond acceptors (Lipinski definition) is 1. The molecular formula is C12H22ClNP5+. The van der Waals surface area contributed by atoms with E-state index in [0.29, 0.717) is 13.2 Å². The van der Waals surface area contributed by atoms with E-state index < -0.39 is 6.14 Å².